The molecule has 9 nitrogen and oxygen atoms in total. The molecule has 0 aromatic carbocycles. The lowest BCUT2D eigenvalue weighted by Crippen LogP contribution is -2.36. The van der Waals surface area contributed by atoms with Gasteiger partial charge in [-0.3, -0.25) is 9.59 Å². The highest BCUT2D eigenvalue weighted by Crippen LogP contribution is 2.28. The fourth-order valence-corrected chi connectivity index (χ4v) is 3.51. The van der Waals surface area contributed by atoms with E-state index in [4.69, 9.17) is 15.2 Å². The van der Waals surface area contributed by atoms with Crippen LogP contribution in [0, 0.1) is 17.7 Å². The number of rotatable bonds is 10. The van der Waals surface area contributed by atoms with Gasteiger partial charge in [0.2, 0.25) is 5.88 Å². The number of nitrogens with zero attached hydrogens (tertiary/aromatic N) is 2. The molecule has 0 fully saturated rings. The van der Waals surface area contributed by atoms with Gasteiger partial charge < -0.3 is 25.8 Å². The third kappa shape index (κ3) is 7.57. The monoisotopic (exact) mass is 475 g/mol. The quantitative estimate of drug-likeness (QED) is 0.435. The summed E-state index contributed by atoms with van der Waals surface area (Å²) in [6.45, 7) is 11.2. The van der Waals surface area contributed by atoms with Gasteiger partial charge in [0, 0.05) is 24.0 Å². The average molecular weight is 476 g/mol. The molecule has 0 radical (unpaired) electrons. The second-order valence-electron chi connectivity index (χ2n) is 9.47. The van der Waals surface area contributed by atoms with Gasteiger partial charge in [-0.25, -0.2) is 14.4 Å². The van der Waals surface area contributed by atoms with Gasteiger partial charge in [0.25, 0.3) is 5.91 Å². The number of primary amides is 1. The van der Waals surface area contributed by atoms with Crippen LogP contribution in [0.1, 0.15) is 58.3 Å². The van der Waals surface area contributed by atoms with Crippen LogP contribution in [0.15, 0.2) is 24.4 Å². The Balaban J connectivity index is 2.34. The molecule has 0 aliphatic rings. The molecule has 1 amide bonds. The number of nitrogens with one attached hydrogen (secondary N) is 2. The number of anilines is 3. The van der Waals surface area contributed by atoms with Crippen LogP contribution in [0.25, 0.3) is 0 Å². The van der Waals surface area contributed by atoms with Crippen molar-refractivity contribution in [1.29, 1.82) is 0 Å². The summed E-state index contributed by atoms with van der Waals surface area (Å²) in [5, 5.41) is 6.08. The molecule has 2 aromatic rings. The number of pyridine rings is 2. The third-order valence-corrected chi connectivity index (χ3v) is 4.99. The summed E-state index contributed by atoms with van der Waals surface area (Å²) in [6, 6.07) is 3.98. The molecular formula is C24H34FN5O4. The molecule has 10 heteroatoms. The van der Waals surface area contributed by atoms with Crippen LogP contribution in [0.5, 0.6) is 5.88 Å². The minimum absolute atomic E-state index is 0.0373. The first-order chi connectivity index (χ1) is 15.8. The molecule has 0 spiro atoms. The summed E-state index contributed by atoms with van der Waals surface area (Å²) >= 11 is 0. The zero-order valence-corrected chi connectivity index (χ0v) is 20.7. The Morgan fingerprint density at radius 3 is 2.41 bits per heavy atom. The van der Waals surface area contributed by atoms with E-state index in [-0.39, 0.29) is 47.5 Å². The Labute approximate surface area is 199 Å². The molecule has 186 valence electrons. The predicted octanol–water partition coefficient (Wildman–Crippen LogP) is 4.27. The number of aromatic nitrogens is 2. The van der Waals surface area contributed by atoms with E-state index in [0.29, 0.717) is 11.6 Å². The SMILES string of the molecule is COc1cc(Nc2nc(N[C@H](C(C)C)[C@H](C)CC(=O)OC(C)(C)C)c(F)cc2C(N)=O)ccn1. The average Bonchev–Trinajstić information content (AvgIpc) is 2.71. The molecular weight excluding hydrogens is 441 g/mol. The highest BCUT2D eigenvalue weighted by Gasteiger charge is 2.27. The van der Waals surface area contributed by atoms with Crippen LogP contribution in [-0.4, -0.2) is 40.6 Å². The second kappa shape index (κ2) is 11.1. The van der Waals surface area contributed by atoms with Crippen molar-refractivity contribution in [3.05, 3.63) is 35.8 Å². The van der Waals surface area contributed by atoms with Gasteiger partial charge in [-0.2, -0.15) is 0 Å². The number of carbonyl (C=O) groups excluding carboxylic acids is 2. The summed E-state index contributed by atoms with van der Waals surface area (Å²) in [4.78, 5) is 32.6. The largest absolute Gasteiger partial charge is 0.481 e. The van der Waals surface area contributed by atoms with Crippen LogP contribution in [0.4, 0.5) is 21.7 Å². The van der Waals surface area contributed by atoms with Gasteiger partial charge in [0.05, 0.1) is 19.1 Å². The van der Waals surface area contributed by atoms with E-state index in [9.17, 15) is 14.0 Å². The predicted molar refractivity (Wildman–Crippen MR) is 129 cm³/mol. The number of halogens is 1. The second-order valence-corrected chi connectivity index (χ2v) is 9.47. The van der Waals surface area contributed by atoms with Gasteiger partial charge in [-0.15, -0.1) is 0 Å². The Hall–Kier alpha value is -3.43. The number of hydrogen-bond donors (Lipinski definition) is 3. The number of hydrogen-bond acceptors (Lipinski definition) is 8. The van der Waals surface area contributed by atoms with Crippen LogP contribution in [0.3, 0.4) is 0 Å². The Kier molecular flexibility index (Phi) is 8.78. The van der Waals surface area contributed by atoms with Gasteiger partial charge >= 0.3 is 5.97 Å². The van der Waals surface area contributed by atoms with Gasteiger partial charge in [0.1, 0.15) is 11.4 Å². The molecule has 2 heterocycles. The molecule has 2 atom stereocenters. The van der Waals surface area contributed by atoms with E-state index >= 15 is 0 Å². The smallest absolute Gasteiger partial charge is 0.306 e. The molecule has 0 aliphatic heterocycles. The van der Waals surface area contributed by atoms with E-state index in [1.807, 2.05) is 20.8 Å². The lowest BCUT2D eigenvalue weighted by Gasteiger charge is -2.30. The minimum Gasteiger partial charge on any atom is -0.481 e. The number of esters is 1. The summed E-state index contributed by atoms with van der Waals surface area (Å²) in [5.41, 5.74) is 5.28. The first kappa shape index (κ1) is 26.8. The molecule has 0 unspecified atom stereocenters. The Morgan fingerprint density at radius 2 is 1.85 bits per heavy atom. The fraction of sp³-hybridized carbons (Fsp3) is 0.500. The first-order valence-corrected chi connectivity index (χ1v) is 11.1. The Bertz CT molecular complexity index is 1020. The van der Waals surface area contributed by atoms with Crippen molar-refractivity contribution in [1.82, 2.24) is 9.97 Å². The maximum atomic E-state index is 14.9. The van der Waals surface area contributed by atoms with Crippen molar-refractivity contribution in [2.75, 3.05) is 17.7 Å². The van der Waals surface area contributed by atoms with Crippen LogP contribution >= 0.6 is 0 Å². The number of carbonyl (C=O) groups is 2. The fourth-order valence-electron chi connectivity index (χ4n) is 3.51. The summed E-state index contributed by atoms with van der Waals surface area (Å²) in [6.07, 6.45) is 1.66. The van der Waals surface area contributed by atoms with Gasteiger partial charge in [-0.1, -0.05) is 20.8 Å². The van der Waals surface area contributed by atoms with Crippen molar-refractivity contribution in [3.8, 4) is 5.88 Å². The third-order valence-electron chi connectivity index (χ3n) is 4.99. The maximum Gasteiger partial charge on any atom is 0.306 e. The topological polar surface area (TPSA) is 128 Å². The number of methoxy groups -OCH3 is 1. The van der Waals surface area contributed by atoms with E-state index in [0.717, 1.165) is 6.07 Å². The standard InChI is InChI=1S/C24H34FN5O4/c1-13(2)20(14(3)10-19(31)34-24(4,5)6)29-23-17(25)12-16(21(26)32)22(30-23)28-15-8-9-27-18(11-15)33-7/h8-9,11-14,20H,10H2,1-7H3,(H2,26,32)(H2,27,28,29,30)/t14-,20-/m1/s1. The summed E-state index contributed by atoms with van der Waals surface area (Å²) < 4.78 is 25.5. The molecule has 2 aromatic heterocycles. The number of amides is 1. The van der Waals surface area contributed by atoms with E-state index < -0.39 is 17.3 Å². The van der Waals surface area contributed by atoms with Gasteiger partial charge in [0.15, 0.2) is 11.6 Å². The lowest BCUT2D eigenvalue weighted by atomic mass is 9.89. The summed E-state index contributed by atoms with van der Waals surface area (Å²) in [5.74, 6) is -1.69. The minimum atomic E-state index is -0.833. The maximum absolute atomic E-state index is 14.9. The van der Waals surface area contributed by atoms with E-state index in [2.05, 4.69) is 20.6 Å². The summed E-state index contributed by atoms with van der Waals surface area (Å²) in [7, 11) is 1.48. The highest BCUT2D eigenvalue weighted by atomic mass is 19.1. The zero-order chi connectivity index (χ0) is 25.6. The molecule has 0 aliphatic carbocycles. The zero-order valence-electron chi connectivity index (χ0n) is 20.7. The molecule has 34 heavy (non-hydrogen) atoms. The van der Waals surface area contributed by atoms with Crippen LogP contribution < -0.4 is 21.1 Å². The van der Waals surface area contributed by atoms with Crippen LogP contribution in [-0.2, 0) is 9.53 Å². The van der Waals surface area contributed by atoms with Crippen molar-refractivity contribution in [3.63, 3.8) is 0 Å². The van der Waals surface area contributed by atoms with E-state index in [1.165, 1.54) is 13.3 Å². The molecule has 0 saturated carbocycles. The number of nitrogens with two attached hydrogens (primary N) is 1. The molecule has 0 saturated heterocycles. The molecule has 2 rings (SSSR count). The first-order valence-electron chi connectivity index (χ1n) is 11.1. The highest BCUT2D eigenvalue weighted by molar-refractivity contribution is 5.98. The lowest BCUT2D eigenvalue weighted by molar-refractivity contribution is -0.156. The van der Waals surface area contributed by atoms with Crippen LogP contribution in [0.2, 0.25) is 0 Å². The van der Waals surface area contributed by atoms with Crippen molar-refractivity contribution in [2.24, 2.45) is 17.6 Å². The van der Waals surface area contributed by atoms with Gasteiger partial charge in [-0.05, 0) is 44.7 Å². The normalized spacial score (nSPS) is 13.2. The molecule has 4 N–H and O–H groups in total. The Morgan fingerprint density at radius 1 is 1.18 bits per heavy atom. The van der Waals surface area contributed by atoms with E-state index in [1.54, 1.807) is 32.9 Å². The molecule has 0 bridgehead atoms. The van der Waals surface area contributed by atoms with Crippen molar-refractivity contribution >= 4 is 29.2 Å². The van der Waals surface area contributed by atoms with Crippen molar-refractivity contribution in [2.45, 2.75) is 59.6 Å². The van der Waals surface area contributed by atoms with Crippen molar-refractivity contribution < 1.29 is 23.5 Å². The number of ether oxygens (including phenoxy) is 2.